The number of carbonyl (C=O) groups is 1. The van der Waals surface area contributed by atoms with Gasteiger partial charge in [0.15, 0.2) is 0 Å². The predicted octanol–water partition coefficient (Wildman–Crippen LogP) is 2.67. The summed E-state index contributed by atoms with van der Waals surface area (Å²) in [4.78, 5) is 19.4. The van der Waals surface area contributed by atoms with Gasteiger partial charge in [0.05, 0.1) is 7.11 Å². The lowest BCUT2D eigenvalue weighted by Gasteiger charge is -2.06. The Morgan fingerprint density at radius 3 is 2.45 bits per heavy atom. The third-order valence-electron chi connectivity index (χ3n) is 2.23. The van der Waals surface area contributed by atoms with E-state index in [0.29, 0.717) is 6.07 Å². The van der Waals surface area contributed by atoms with E-state index in [2.05, 4.69) is 15.3 Å². The molecule has 2 aromatic rings. The van der Waals surface area contributed by atoms with Gasteiger partial charge >= 0.3 is 0 Å². The average Bonchev–Trinajstić information content (AvgIpc) is 2.36. The molecule has 0 bridgehead atoms. The number of ether oxygens (including phenoxy) is 1. The minimum absolute atomic E-state index is 0.0533. The maximum Gasteiger partial charge on any atom is 0.258 e. The van der Waals surface area contributed by atoms with E-state index in [4.69, 9.17) is 16.3 Å². The highest BCUT2D eigenvalue weighted by Crippen LogP contribution is 2.16. The zero-order valence-corrected chi connectivity index (χ0v) is 10.9. The zero-order valence-electron chi connectivity index (χ0n) is 10.2. The number of hydrogen-bond acceptors (Lipinski definition) is 4. The van der Waals surface area contributed by atoms with Crippen molar-refractivity contribution in [3.8, 4) is 5.88 Å². The zero-order chi connectivity index (χ0) is 14.7. The van der Waals surface area contributed by atoms with Crippen LogP contribution in [0.2, 0.25) is 5.15 Å². The van der Waals surface area contributed by atoms with Crippen LogP contribution in [-0.4, -0.2) is 23.0 Å². The van der Waals surface area contributed by atoms with E-state index in [-0.39, 0.29) is 22.5 Å². The second-order valence-corrected chi connectivity index (χ2v) is 4.06. The number of nitrogens with zero attached hydrogens (tertiary/aromatic N) is 2. The van der Waals surface area contributed by atoms with Crippen molar-refractivity contribution >= 4 is 23.5 Å². The van der Waals surface area contributed by atoms with Crippen LogP contribution in [-0.2, 0) is 0 Å². The molecule has 0 unspecified atom stereocenters. The van der Waals surface area contributed by atoms with E-state index in [1.807, 2.05) is 0 Å². The Bertz CT molecular complexity index is 647. The highest BCUT2D eigenvalue weighted by Gasteiger charge is 2.12. The van der Waals surface area contributed by atoms with Gasteiger partial charge in [0.2, 0.25) is 11.8 Å². The number of benzene rings is 1. The SMILES string of the molecule is COc1cc(Cl)nc(NC(=O)c2cc(F)cc(F)c2)n1. The van der Waals surface area contributed by atoms with Crippen LogP contribution in [0.4, 0.5) is 14.7 Å². The molecule has 0 spiro atoms. The number of anilines is 1. The lowest BCUT2D eigenvalue weighted by molar-refractivity contribution is 0.102. The Balaban J connectivity index is 2.25. The number of hydrogen-bond donors (Lipinski definition) is 1. The molecular formula is C12H8ClF2N3O2. The minimum Gasteiger partial charge on any atom is -0.481 e. The second-order valence-electron chi connectivity index (χ2n) is 3.67. The molecule has 1 aromatic carbocycles. The monoisotopic (exact) mass is 299 g/mol. The molecule has 0 saturated carbocycles. The minimum atomic E-state index is -0.861. The third kappa shape index (κ3) is 3.39. The fourth-order valence-corrected chi connectivity index (χ4v) is 1.59. The number of nitrogens with one attached hydrogen (secondary N) is 1. The summed E-state index contributed by atoms with van der Waals surface area (Å²) in [7, 11) is 1.37. The first-order valence-electron chi connectivity index (χ1n) is 5.34. The van der Waals surface area contributed by atoms with Crippen molar-refractivity contribution in [3.63, 3.8) is 0 Å². The van der Waals surface area contributed by atoms with Crippen molar-refractivity contribution in [2.75, 3.05) is 12.4 Å². The number of carbonyl (C=O) groups excluding carboxylic acids is 1. The van der Waals surface area contributed by atoms with E-state index in [0.717, 1.165) is 12.1 Å². The van der Waals surface area contributed by atoms with Gasteiger partial charge in [-0.2, -0.15) is 4.98 Å². The third-order valence-corrected chi connectivity index (χ3v) is 2.42. The molecule has 0 saturated heterocycles. The van der Waals surface area contributed by atoms with Crippen LogP contribution < -0.4 is 10.1 Å². The van der Waals surface area contributed by atoms with Crippen LogP contribution in [0.25, 0.3) is 0 Å². The maximum atomic E-state index is 13.0. The van der Waals surface area contributed by atoms with Crippen molar-refractivity contribution in [1.82, 2.24) is 9.97 Å². The summed E-state index contributed by atoms with van der Waals surface area (Å²) in [5, 5.41) is 2.32. The van der Waals surface area contributed by atoms with Crippen LogP contribution >= 0.6 is 11.6 Å². The number of halogens is 3. The molecule has 1 aromatic heterocycles. The molecule has 0 aliphatic heterocycles. The van der Waals surface area contributed by atoms with Gasteiger partial charge in [-0.3, -0.25) is 10.1 Å². The highest BCUT2D eigenvalue weighted by molar-refractivity contribution is 6.29. The first-order chi connectivity index (χ1) is 9.47. The molecule has 0 radical (unpaired) electrons. The summed E-state index contributed by atoms with van der Waals surface area (Å²) < 4.78 is 30.9. The average molecular weight is 300 g/mol. The lowest BCUT2D eigenvalue weighted by atomic mass is 10.2. The molecular weight excluding hydrogens is 292 g/mol. The van der Waals surface area contributed by atoms with E-state index in [1.54, 1.807) is 0 Å². The largest absolute Gasteiger partial charge is 0.481 e. The topological polar surface area (TPSA) is 64.1 Å². The molecule has 0 atom stereocenters. The molecule has 20 heavy (non-hydrogen) atoms. The molecule has 2 rings (SSSR count). The molecule has 104 valence electrons. The molecule has 1 amide bonds. The normalized spacial score (nSPS) is 10.2. The summed E-state index contributed by atoms with van der Waals surface area (Å²) in [5.74, 6) is -2.48. The standard InChI is InChI=1S/C12H8ClF2N3O2/c1-20-10-5-9(13)16-12(17-10)18-11(19)6-2-7(14)4-8(15)3-6/h2-5H,1H3,(H,16,17,18,19). The van der Waals surface area contributed by atoms with Crippen molar-refractivity contribution < 1.29 is 18.3 Å². The van der Waals surface area contributed by atoms with E-state index in [9.17, 15) is 13.6 Å². The van der Waals surface area contributed by atoms with Crippen LogP contribution in [0.5, 0.6) is 5.88 Å². The summed E-state index contributed by atoms with van der Waals surface area (Å²) in [6.45, 7) is 0. The fourth-order valence-electron chi connectivity index (χ4n) is 1.42. The molecule has 8 heteroatoms. The van der Waals surface area contributed by atoms with E-state index in [1.165, 1.54) is 13.2 Å². The smallest absolute Gasteiger partial charge is 0.258 e. The lowest BCUT2D eigenvalue weighted by Crippen LogP contribution is -2.15. The number of methoxy groups -OCH3 is 1. The van der Waals surface area contributed by atoms with Gasteiger partial charge in [-0.05, 0) is 12.1 Å². The molecule has 1 heterocycles. The Kier molecular flexibility index (Phi) is 4.09. The Morgan fingerprint density at radius 1 is 1.20 bits per heavy atom. The van der Waals surface area contributed by atoms with Crippen LogP contribution in [0.1, 0.15) is 10.4 Å². The second kappa shape index (κ2) is 5.79. The van der Waals surface area contributed by atoms with Gasteiger partial charge in [0.25, 0.3) is 5.91 Å². The van der Waals surface area contributed by atoms with Crippen molar-refractivity contribution in [2.45, 2.75) is 0 Å². The Morgan fingerprint density at radius 2 is 1.85 bits per heavy atom. The summed E-state index contributed by atoms with van der Waals surface area (Å²) in [6, 6.07) is 3.79. The van der Waals surface area contributed by atoms with Crippen LogP contribution in [0, 0.1) is 11.6 Å². The molecule has 1 N–H and O–H groups in total. The number of rotatable bonds is 3. The van der Waals surface area contributed by atoms with Gasteiger partial charge in [-0.1, -0.05) is 11.6 Å². The molecule has 0 fully saturated rings. The van der Waals surface area contributed by atoms with Crippen molar-refractivity contribution in [3.05, 3.63) is 46.6 Å². The molecule has 0 aliphatic rings. The predicted molar refractivity (Wildman–Crippen MR) is 67.9 cm³/mol. The highest BCUT2D eigenvalue weighted by atomic mass is 35.5. The Labute approximate surface area is 117 Å². The first kappa shape index (κ1) is 14.1. The summed E-state index contributed by atoms with van der Waals surface area (Å²) in [5.41, 5.74) is -0.204. The summed E-state index contributed by atoms with van der Waals surface area (Å²) in [6.07, 6.45) is 0. The number of aromatic nitrogens is 2. The fraction of sp³-hybridized carbons (Fsp3) is 0.0833. The van der Waals surface area contributed by atoms with E-state index >= 15 is 0 Å². The van der Waals surface area contributed by atoms with Gasteiger partial charge in [0, 0.05) is 17.7 Å². The number of amides is 1. The van der Waals surface area contributed by atoms with Crippen molar-refractivity contribution in [1.29, 1.82) is 0 Å². The van der Waals surface area contributed by atoms with Crippen molar-refractivity contribution in [2.24, 2.45) is 0 Å². The van der Waals surface area contributed by atoms with Crippen LogP contribution in [0.3, 0.4) is 0 Å². The van der Waals surface area contributed by atoms with Gasteiger partial charge in [0.1, 0.15) is 16.8 Å². The summed E-state index contributed by atoms with van der Waals surface area (Å²) >= 11 is 5.71. The van der Waals surface area contributed by atoms with Gasteiger partial charge in [-0.15, -0.1) is 0 Å². The van der Waals surface area contributed by atoms with Gasteiger partial charge < -0.3 is 4.74 Å². The quantitative estimate of drug-likeness (QED) is 0.885. The maximum absolute atomic E-state index is 13.0. The van der Waals surface area contributed by atoms with Crippen LogP contribution in [0.15, 0.2) is 24.3 Å². The van der Waals surface area contributed by atoms with Gasteiger partial charge in [-0.25, -0.2) is 13.8 Å². The van der Waals surface area contributed by atoms with E-state index < -0.39 is 17.5 Å². The molecule has 0 aliphatic carbocycles. The molecule has 5 nitrogen and oxygen atoms in total. The first-order valence-corrected chi connectivity index (χ1v) is 5.72. The Hall–Kier alpha value is -2.28.